The van der Waals surface area contributed by atoms with Crippen molar-refractivity contribution in [3.8, 4) is 17.2 Å². The minimum atomic E-state index is -3.92. The van der Waals surface area contributed by atoms with Gasteiger partial charge < -0.3 is 67.6 Å². The van der Waals surface area contributed by atoms with Gasteiger partial charge in [-0.25, -0.2) is 8.42 Å². The van der Waals surface area contributed by atoms with Gasteiger partial charge in [-0.05, 0) is 85.3 Å². The Kier molecular flexibility index (Phi) is 30.3. The number of hydrogen-bond acceptors (Lipinski definition) is 20. The van der Waals surface area contributed by atoms with Crippen molar-refractivity contribution in [3.05, 3.63) is 127 Å². The number of aliphatic hydroxyl groups excluding tert-OH is 1. The molecule has 6 rings (SSSR count). The molecule has 0 aromatic heterocycles. The van der Waals surface area contributed by atoms with Crippen LogP contribution in [-0.2, 0) is 52.7 Å². The molecule has 21 nitrogen and oxygen atoms in total. The standard InChI is InChI=1S/C56H69N6O15S.Na/c1-43-40-54(61-59-52-19-8-44-41-48(13-18-51(44)56(52)64)57-45-6-4-3-5-7-45)55(67-2)42-53(43)60-58-46-11-16-50(17-12-46)78(65,66)62-47-9-14-49(15-10-47)77-39-38-76-37-36-75-35-34-74-33-32-73-31-30-72-29-28-71-27-26-70-25-24-69-23-22-68-21-20-63;/h3-18,40-42,57,62-64H,20-39H2,1-2H3;/q-1;+1. The number of aromatic hydroxyl groups is 1. The molecule has 0 amide bonds. The van der Waals surface area contributed by atoms with Gasteiger partial charge in [0, 0.05) is 34.6 Å². The molecular weight excluding hydrogens is 1050 g/mol. The van der Waals surface area contributed by atoms with E-state index in [0.717, 1.165) is 22.3 Å². The zero-order valence-corrected chi connectivity index (χ0v) is 47.8. The number of para-hydroxylation sites is 1. The maximum atomic E-state index is 13.2. The molecule has 6 aromatic carbocycles. The van der Waals surface area contributed by atoms with Crippen molar-refractivity contribution < 1.29 is 100 Å². The Morgan fingerprint density at radius 2 is 1.04 bits per heavy atom. The maximum absolute atomic E-state index is 13.2. The third-order valence-corrected chi connectivity index (χ3v) is 12.3. The van der Waals surface area contributed by atoms with Crippen molar-refractivity contribution in [1.82, 2.24) is 0 Å². The molecule has 0 bridgehead atoms. The molecule has 0 aliphatic carbocycles. The molecule has 0 saturated heterocycles. The molecule has 0 saturated carbocycles. The van der Waals surface area contributed by atoms with Crippen LogP contribution < -0.4 is 49.1 Å². The molecular formula is C56H69N6NaO15S. The van der Waals surface area contributed by atoms with Crippen molar-refractivity contribution in [2.24, 2.45) is 20.5 Å². The van der Waals surface area contributed by atoms with E-state index < -0.39 is 10.0 Å². The van der Waals surface area contributed by atoms with Gasteiger partial charge in [-0.2, -0.15) is 27.5 Å². The topological polar surface area (TPSA) is 250 Å². The number of aryl methyl sites for hydroxylation is 1. The van der Waals surface area contributed by atoms with Crippen LogP contribution in [0.15, 0.2) is 141 Å². The quantitative estimate of drug-likeness (QED) is 0.0138. The summed E-state index contributed by atoms with van der Waals surface area (Å²) >= 11 is 0. The first kappa shape index (κ1) is 64.2. The van der Waals surface area contributed by atoms with E-state index in [1.165, 1.54) is 19.2 Å². The van der Waals surface area contributed by atoms with Crippen LogP contribution in [0.1, 0.15) is 5.56 Å². The minimum Gasteiger partial charge on any atom is -0.563 e. The summed E-state index contributed by atoms with van der Waals surface area (Å²) in [5.74, 6) is 0.882. The second kappa shape index (κ2) is 37.3. The predicted molar refractivity (Wildman–Crippen MR) is 294 cm³/mol. The first-order valence-electron chi connectivity index (χ1n) is 25.4. The van der Waals surface area contributed by atoms with Crippen molar-refractivity contribution in [3.63, 3.8) is 0 Å². The molecule has 4 N–H and O–H groups in total. The number of benzene rings is 6. The van der Waals surface area contributed by atoms with Gasteiger partial charge in [0.15, 0.2) is 0 Å². The smallest absolute Gasteiger partial charge is 0.563 e. The number of phenolic OH excluding ortho intramolecular Hbond substituents is 1. The van der Waals surface area contributed by atoms with E-state index in [4.69, 9.17) is 57.2 Å². The van der Waals surface area contributed by atoms with E-state index in [0.29, 0.717) is 165 Å². The number of azo groups is 2. The predicted octanol–water partition coefficient (Wildman–Crippen LogP) is 6.56. The van der Waals surface area contributed by atoms with Crippen molar-refractivity contribution >= 4 is 60.6 Å². The molecule has 79 heavy (non-hydrogen) atoms. The molecule has 0 radical (unpaired) electrons. The van der Waals surface area contributed by atoms with E-state index in [1.54, 1.807) is 54.6 Å². The van der Waals surface area contributed by atoms with Crippen molar-refractivity contribution in [2.45, 2.75) is 11.8 Å². The van der Waals surface area contributed by atoms with Crippen LogP contribution >= 0.6 is 0 Å². The Hall–Kier alpha value is -5.67. The number of hydrogen-bond donors (Lipinski definition) is 4. The van der Waals surface area contributed by atoms with E-state index in [9.17, 15) is 13.5 Å². The normalized spacial score (nSPS) is 11.6. The summed E-state index contributed by atoms with van der Waals surface area (Å²) < 4.78 is 89.3. The Morgan fingerprint density at radius 1 is 0.532 bits per heavy atom. The minimum absolute atomic E-state index is 0. The van der Waals surface area contributed by atoms with Crippen LogP contribution in [0.25, 0.3) is 10.8 Å². The molecule has 0 unspecified atom stereocenters. The van der Waals surface area contributed by atoms with E-state index >= 15 is 0 Å². The Bertz CT molecular complexity index is 2840. The van der Waals surface area contributed by atoms with Crippen LogP contribution in [0.4, 0.5) is 39.8 Å². The van der Waals surface area contributed by atoms with Gasteiger partial charge in [-0.15, -0.1) is 10.5 Å². The van der Waals surface area contributed by atoms with Gasteiger partial charge in [-0.3, -0.25) is 4.72 Å². The largest absolute Gasteiger partial charge is 1.00 e. The van der Waals surface area contributed by atoms with Gasteiger partial charge in [-0.1, -0.05) is 35.7 Å². The van der Waals surface area contributed by atoms with Crippen LogP contribution in [0.3, 0.4) is 0 Å². The Labute approximate surface area is 483 Å². The van der Waals surface area contributed by atoms with E-state index in [1.807, 2.05) is 55.5 Å². The molecule has 0 fully saturated rings. The van der Waals surface area contributed by atoms with Crippen LogP contribution in [0, 0.1) is 13.0 Å². The summed E-state index contributed by atoms with van der Waals surface area (Å²) in [6.07, 6.45) is 0. The van der Waals surface area contributed by atoms with Crippen LogP contribution in [0.5, 0.6) is 17.2 Å². The van der Waals surface area contributed by atoms with Gasteiger partial charge in [0.25, 0.3) is 10.0 Å². The van der Waals surface area contributed by atoms with Gasteiger partial charge >= 0.3 is 29.6 Å². The molecule has 0 spiro atoms. The number of phenols is 1. The zero-order chi connectivity index (χ0) is 54.9. The fourth-order valence-corrected chi connectivity index (χ4v) is 8.04. The summed E-state index contributed by atoms with van der Waals surface area (Å²) in [4.78, 5) is 0.0430. The number of rotatable bonds is 40. The van der Waals surface area contributed by atoms with Gasteiger partial charge in [0.2, 0.25) is 0 Å². The summed E-state index contributed by atoms with van der Waals surface area (Å²) in [5, 5.41) is 41.8. The Balaban J connectivity index is 0.0000115. The monoisotopic (exact) mass is 1120 g/mol. The summed E-state index contributed by atoms with van der Waals surface area (Å²) in [7, 11) is -2.42. The fraction of sp³-hybridized carbons (Fsp3) is 0.393. The summed E-state index contributed by atoms with van der Waals surface area (Å²) in [6, 6.07) is 36.2. The number of nitrogens with one attached hydrogen (secondary N) is 2. The summed E-state index contributed by atoms with van der Waals surface area (Å²) in [6.45, 7) is 10.1. The SMILES string of the molecule is COc1cc(N=Nc2ccc(S(=O)(=O)Nc3ccc(OCCOCCOCCOCCOCCOCCOCCOCCOCCOCCO)cc3)cc2)c(C)cc1N=Nc1[c-]cc2cc(Nc3ccccc3)ccc2c1O.[Na+]. The molecule has 0 aliphatic heterocycles. The van der Waals surface area contributed by atoms with E-state index in [-0.39, 0.29) is 52.5 Å². The first-order valence-corrected chi connectivity index (χ1v) is 26.9. The van der Waals surface area contributed by atoms with Gasteiger partial charge in [0.1, 0.15) is 23.8 Å². The van der Waals surface area contributed by atoms with Crippen molar-refractivity contribution in [1.29, 1.82) is 0 Å². The zero-order valence-electron chi connectivity index (χ0n) is 45.0. The molecule has 0 atom stereocenters. The number of nitrogens with zero attached hydrogens (tertiary/aromatic N) is 4. The second-order valence-electron chi connectivity index (χ2n) is 16.7. The third-order valence-electron chi connectivity index (χ3n) is 10.9. The number of sulfonamides is 1. The summed E-state index contributed by atoms with van der Waals surface area (Å²) in [5.41, 5.74) is 4.41. The molecule has 420 valence electrons. The van der Waals surface area contributed by atoms with Gasteiger partial charge in [0.05, 0.1) is 149 Å². The molecule has 0 aliphatic rings. The molecule has 0 heterocycles. The third kappa shape index (κ3) is 23.9. The number of methoxy groups -OCH3 is 1. The molecule has 23 heteroatoms. The second-order valence-corrected chi connectivity index (χ2v) is 18.4. The number of anilines is 3. The number of fused-ring (bicyclic) bond motifs is 1. The average molecular weight is 1120 g/mol. The van der Waals surface area contributed by atoms with Crippen LogP contribution in [0.2, 0.25) is 0 Å². The first-order chi connectivity index (χ1) is 38.2. The fourth-order valence-electron chi connectivity index (χ4n) is 6.98. The average Bonchev–Trinajstić information content (AvgIpc) is 3.49. The molecule has 6 aromatic rings. The Morgan fingerprint density at radius 3 is 1.57 bits per heavy atom. The maximum Gasteiger partial charge on any atom is 1.00 e. The van der Waals surface area contributed by atoms with E-state index in [2.05, 4.69) is 36.6 Å². The van der Waals surface area contributed by atoms with Crippen LogP contribution in [-0.4, -0.2) is 158 Å². The van der Waals surface area contributed by atoms with Crippen molar-refractivity contribution in [2.75, 3.05) is 149 Å². The number of ether oxygens (including phenoxy) is 11. The number of aliphatic hydroxyl groups is 1.